The molecule has 3 fully saturated rings. The molecule has 3 saturated heterocycles. The van der Waals surface area contributed by atoms with E-state index >= 15 is 8.78 Å². The fourth-order valence-corrected chi connectivity index (χ4v) is 6.77. The number of imide groups is 1. The normalized spacial score (nSPS) is 24.5. The molecule has 1 atom stereocenters. The lowest BCUT2D eigenvalue weighted by Gasteiger charge is -2.47. The van der Waals surface area contributed by atoms with Gasteiger partial charge in [-0.05, 0) is 37.5 Å². The van der Waals surface area contributed by atoms with Gasteiger partial charge in [0.2, 0.25) is 15.9 Å². The molecule has 0 aliphatic carbocycles. The van der Waals surface area contributed by atoms with Crippen LogP contribution in [-0.2, 0) is 31.6 Å². The van der Waals surface area contributed by atoms with Gasteiger partial charge in [-0.15, -0.1) is 0 Å². The van der Waals surface area contributed by atoms with Crippen LogP contribution in [0.25, 0.3) is 0 Å². The van der Waals surface area contributed by atoms with Gasteiger partial charge in [0, 0.05) is 24.2 Å². The maximum Gasteiger partial charge on any atom is 0.325 e. The Bertz CT molecular complexity index is 1220. The molecule has 11 heteroatoms. The van der Waals surface area contributed by atoms with Crippen molar-refractivity contribution in [1.82, 2.24) is 14.5 Å². The van der Waals surface area contributed by atoms with E-state index in [1.165, 1.54) is 10.4 Å². The maximum atomic E-state index is 15.3. The van der Waals surface area contributed by atoms with Gasteiger partial charge in [-0.1, -0.05) is 30.9 Å². The minimum Gasteiger partial charge on any atom is -0.376 e. The van der Waals surface area contributed by atoms with Gasteiger partial charge in [0.05, 0.1) is 13.2 Å². The molecule has 3 heterocycles. The van der Waals surface area contributed by atoms with E-state index in [1.54, 1.807) is 18.2 Å². The van der Waals surface area contributed by atoms with E-state index in [4.69, 9.17) is 4.74 Å². The van der Waals surface area contributed by atoms with Crippen molar-refractivity contribution in [3.63, 3.8) is 0 Å². The molecule has 0 saturated carbocycles. The highest BCUT2D eigenvalue weighted by molar-refractivity contribution is 7.90. The van der Waals surface area contributed by atoms with E-state index in [-0.39, 0.29) is 44.0 Å². The topological polar surface area (TPSA) is 96.0 Å². The average Bonchev–Trinajstić information content (AvgIpc) is 3.11. The van der Waals surface area contributed by atoms with Crippen molar-refractivity contribution in [3.05, 3.63) is 71.4 Å². The van der Waals surface area contributed by atoms with E-state index < -0.39 is 44.4 Å². The molecule has 0 unspecified atom stereocenters. The number of hydrogen-bond acceptors (Lipinski definition) is 5. The van der Waals surface area contributed by atoms with Gasteiger partial charge in [-0.25, -0.2) is 22.0 Å². The average molecular weight is 508 g/mol. The van der Waals surface area contributed by atoms with Crippen LogP contribution in [0.15, 0.2) is 48.6 Å². The molecule has 3 aliphatic heterocycles. The van der Waals surface area contributed by atoms with E-state index in [0.717, 1.165) is 17.0 Å². The molecule has 0 radical (unpaired) electrons. The number of nitrogens with zero attached hydrogens (tertiary/aromatic N) is 2. The number of carbonyl (C=O) groups excluding carboxylic acids is 2. The summed E-state index contributed by atoms with van der Waals surface area (Å²) >= 11 is 0. The van der Waals surface area contributed by atoms with Crippen LogP contribution in [0.5, 0.6) is 0 Å². The molecule has 188 valence electrons. The summed E-state index contributed by atoms with van der Waals surface area (Å²) in [7, 11) is -3.84. The largest absolute Gasteiger partial charge is 0.376 e. The zero-order valence-electron chi connectivity index (χ0n) is 19.3. The van der Waals surface area contributed by atoms with E-state index in [9.17, 15) is 18.0 Å². The molecule has 0 bridgehead atoms. The van der Waals surface area contributed by atoms with Crippen LogP contribution >= 0.6 is 0 Å². The molecule has 1 aromatic carbocycles. The van der Waals surface area contributed by atoms with Crippen molar-refractivity contribution in [2.45, 2.75) is 37.1 Å². The fourth-order valence-electron chi connectivity index (χ4n) is 4.73. The number of urea groups is 1. The monoisotopic (exact) mass is 507 g/mol. The molecular formula is C24H27F2N3O5S. The van der Waals surface area contributed by atoms with E-state index in [0.29, 0.717) is 18.4 Å². The second-order valence-electron chi connectivity index (χ2n) is 8.79. The van der Waals surface area contributed by atoms with Crippen LogP contribution < -0.4 is 5.32 Å². The number of amides is 3. The number of sulfonamides is 1. The van der Waals surface area contributed by atoms with Crippen LogP contribution in [-0.4, -0.2) is 61.1 Å². The quantitative estimate of drug-likeness (QED) is 0.452. The van der Waals surface area contributed by atoms with Gasteiger partial charge in [0.1, 0.15) is 29.0 Å². The van der Waals surface area contributed by atoms with Crippen LogP contribution in [0, 0.1) is 11.6 Å². The molecular weight excluding hydrogens is 480 g/mol. The first kappa shape index (κ1) is 25.2. The Balaban J connectivity index is 1.63. The third kappa shape index (κ3) is 4.43. The Morgan fingerprint density at radius 2 is 2.03 bits per heavy atom. The molecule has 3 amide bonds. The molecule has 3 aliphatic rings. The summed E-state index contributed by atoms with van der Waals surface area (Å²) in [5.74, 6) is -2.14. The molecule has 1 aromatic rings. The first-order valence-electron chi connectivity index (χ1n) is 11.3. The van der Waals surface area contributed by atoms with Gasteiger partial charge in [-0.3, -0.25) is 10.1 Å². The smallest absolute Gasteiger partial charge is 0.325 e. The Labute approximate surface area is 203 Å². The predicted octanol–water partition coefficient (Wildman–Crippen LogP) is 2.72. The van der Waals surface area contributed by atoms with Crippen molar-refractivity contribution in [2.24, 2.45) is 0 Å². The lowest BCUT2D eigenvalue weighted by atomic mass is 9.85. The number of halogens is 2. The summed E-state index contributed by atoms with van der Waals surface area (Å²) < 4.78 is 63.5. The number of nitrogens with one attached hydrogen (secondary N) is 1. The molecule has 35 heavy (non-hydrogen) atoms. The standard InChI is InChI=1S/C24H27F2N3O5S/c1-3-5-7-16(4-2)21-8-6-9-28(35(21,32)33)12-17-10-20(26)18(11-19(17)25)24(14-34-15-24)29-13-22(30)27-23(29)31/h3-5,7,10-11,21H,2,6,8-9,12-15H2,1H3,(H,27,30,31)/b5-3-,16-7+/t21-/m1/s1. The highest BCUT2D eigenvalue weighted by Crippen LogP contribution is 2.40. The second-order valence-corrected chi connectivity index (χ2v) is 10.9. The first-order chi connectivity index (χ1) is 16.6. The summed E-state index contributed by atoms with van der Waals surface area (Å²) in [6.45, 7) is 4.92. The van der Waals surface area contributed by atoms with Crippen molar-refractivity contribution < 1.29 is 31.5 Å². The number of carbonyl (C=O) groups is 2. The molecule has 0 spiro atoms. The van der Waals surface area contributed by atoms with Gasteiger partial charge in [0.25, 0.3) is 0 Å². The van der Waals surface area contributed by atoms with Crippen LogP contribution in [0.3, 0.4) is 0 Å². The number of benzene rings is 1. The second kappa shape index (κ2) is 9.63. The van der Waals surface area contributed by atoms with Crippen LogP contribution in [0.2, 0.25) is 0 Å². The molecule has 1 N–H and O–H groups in total. The summed E-state index contributed by atoms with van der Waals surface area (Å²) in [4.78, 5) is 25.0. The highest BCUT2D eigenvalue weighted by Gasteiger charge is 2.53. The van der Waals surface area contributed by atoms with E-state index in [1.807, 2.05) is 6.92 Å². The Hall–Kier alpha value is -2.89. The summed E-state index contributed by atoms with van der Waals surface area (Å²) in [6.07, 6.45) is 7.66. The zero-order valence-corrected chi connectivity index (χ0v) is 20.1. The Morgan fingerprint density at radius 1 is 1.29 bits per heavy atom. The lowest BCUT2D eigenvalue weighted by Crippen LogP contribution is -2.60. The third-order valence-corrected chi connectivity index (χ3v) is 8.92. The summed E-state index contributed by atoms with van der Waals surface area (Å²) in [5.41, 5.74) is -0.999. The van der Waals surface area contributed by atoms with Crippen molar-refractivity contribution in [2.75, 3.05) is 26.3 Å². The maximum absolute atomic E-state index is 15.3. The number of allylic oxidation sites excluding steroid dienone is 4. The molecule has 0 aromatic heterocycles. The number of rotatable bonds is 7. The highest BCUT2D eigenvalue weighted by atomic mass is 32.2. The van der Waals surface area contributed by atoms with Gasteiger partial charge in [0.15, 0.2) is 0 Å². The van der Waals surface area contributed by atoms with Crippen molar-refractivity contribution in [1.29, 1.82) is 0 Å². The molecule has 4 rings (SSSR count). The SMILES string of the molecule is C=C/C(=C\C=C/C)[C@H]1CCCN(Cc2cc(F)c(C3(N4CC(=O)NC4=O)COC3)cc2F)S1(=O)=O. The van der Waals surface area contributed by atoms with Gasteiger partial charge < -0.3 is 9.64 Å². The van der Waals surface area contributed by atoms with Gasteiger partial charge in [-0.2, -0.15) is 4.31 Å². The number of ether oxygens (including phenoxy) is 1. The number of hydrogen-bond donors (Lipinski definition) is 1. The van der Waals surface area contributed by atoms with Crippen molar-refractivity contribution in [3.8, 4) is 0 Å². The first-order valence-corrected chi connectivity index (χ1v) is 12.8. The minimum atomic E-state index is -3.84. The van der Waals surface area contributed by atoms with E-state index in [2.05, 4.69) is 11.9 Å². The Morgan fingerprint density at radius 3 is 2.60 bits per heavy atom. The molecule has 8 nitrogen and oxygen atoms in total. The summed E-state index contributed by atoms with van der Waals surface area (Å²) in [6, 6.07) is 1.24. The predicted molar refractivity (Wildman–Crippen MR) is 125 cm³/mol. The zero-order chi connectivity index (χ0) is 25.4. The fraction of sp³-hybridized carbons (Fsp3) is 0.417. The Kier molecular flexibility index (Phi) is 6.94. The van der Waals surface area contributed by atoms with Crippen LogP contribution in [0.1, 0.15) is 30.9 Å². The lowest BCUT2D eigenvalue weighted by molar-refractivity contribution is -0.133. The minimum absolute atomic E-state index is 0.0888. The summed E-state index contributed by atoms with van der Waals surface area (Å²) in [5, 5.41) is 1.32. The van der Waals surface area contributed by atoms with Gasteiger partial charge >= 0.3 is 6.03 Å². The van der Waals surface area contributed by atoms with Crippen LogP contribution in [0.4, 0.5) is 13.6 Å². The van der Waals surface area contributed by atoms with Crippen molar-refractivity contribution >= 4 is 22.0 Å². The third-order valence-electron chi connectivity index (χ3n) is 6.66.